The maximum atomic E-state index is 9.48. The smallest absolute Gasteiger partial charge is 0.119 e. The minimum absolute atomic E-state index is 0.334. The Labute approximate surface area is 124 Å². The van der Waals surface area contributed by atoms with Crippen molar-refractivity contribution in [3.8, 4) is 11.5 Å². The fraction of sp³-hybridized carbons (Fsp3) is 0.176. The number of para-hydroxylation sites is 1. The third-order valence-electron chi connectivity index (χ3n) is 2.80. The van der Waals surface area contributed by atoms with Gasteiger partial charge in [-0.3, -0.25) is 0 Å². The SMILES string of the molecule is C=C(COc1ccccc1)CSc1ccc(O)c(C)c1. The lowest BCUT2D eigenvalue weighted by atomic mass is 10.2. The standard InChI is InChI=1S/C17H18O2S/c1-13(11-19-15-6-4-3-5-7-15)12-20-16-8-9-17(18)14(2)10-16/h3-10,18H,1,11-12H2,2H3. The van der Waals surface area contributed by atoms with Crippen molar-refractivity contribution in [1.29, 1.82) is 0 Å². The number of aromatic hydroxyl groups is 1. The molecule has 20 heavy (non-hydrogen) atoms. The second kappa shape index (κ2) is 7.06. The molecule has 104 valence electrons. The number of hydrogen-bond donors (Lipinski definition) is 1. The minimum Gasteiger partial charge on any atom is -0.508 e. The van der Waals surface area contributed by atoms with Gasteiger partial charge in [-0.1, -0.05) is 24.8 Å². The Hall–Kier alpha value is -1.87. The predicted octanol–water partition coefficient (Wildman–Crippen LogP) is 4.43. The molecule has 0 spiro atoms. The van der Waals surface area contributed by atoms with E-state index < -0.39 is 0 Å². The molecule has 0 heterocycles. The van der Waals surface area contributed by atoms with Gasteiger partial charge in [-0.15, -0.1) is 11.8 Å². The summed E-state index contributed by atoms with van der Waals surface area (Å²) in [5, 5.41) is 9.48. The molecule has 0 saturated heterocycles. The van der Waals surface area contributed by atoms with E-state index in [-0.39, 0.29) is 0 Å². The summed E-state index contributed by atoms with van der Waals surface area (Å²) in [6.45, 7) is 6.45. The van der Waals surface area contributed by atoms with Gasteiger partial charge in [-0.05, 0) is 48.4 Å². The van der Waals surface area contributed by atoms with Gasteiger partial charge in [0.25, 0.3) is 0 Å². The van der Waals surface area contributed by atoms with Gasteiger partial charge in [-0.25, -0.2) is 0 Å². The van der Waals surface area contributed by atoms with E-state index in [0.29, 0.717) is 12.4 Å². The zero-order chi connectivity index (χ0) is 14.4. The number of phenols is 1. The summed E-state index contributed by atoms with van der Waals surface area (Å²) in [6.07, 6.45) is 0. The summed E-state index contributed by atoms with van der Waals surface area (Å²) < 4.78 is 5.65. The van der Waals surface area contributed by atoms with E-state index in [2.05, 4.69) is 6.58 Å². The summed E-state index contributed by atoms with van der Waals surface area (Å²) in [6, 6.07) is 15.3. The van der Waals surface area contributed by atoms with Gasteiger partial charge in [0.1, 0.15) is 18.1 Å². The molecule has 3 heteroatoms. The second-order valence-corrected chi connectivity index (χ2v) is 5.64. The van der Waals surface area contributed by atoms with Crippen molar-refractivity contribution in [3.63, 3.8) is 0 Å². The molecular formula is C17H18O2S. The summed E-state index contributed by atoms with van der Waals surface area (Å²) in [4.78, 5) is 1.13. The molecule has 0 unspecified atom stereocenters. The van der Waals surface area contributed by atoms with E-state index in [1.165, 1.54) is 0 Å². The lowest BCUT2D eigenvalue weighted by Gasteiger charge is -2.09. The maximum Gasteiger partial charge on any atom is 0.119 e. The van der Waals surface area contributed by atoms with Crippen LogP contribution in [0.4, 0.5) is 0 Å². The van der Waals surface area contributed by atoms with Crippen molar-refractivity contribution in [2.75, 3.05) is 12.4 Å². The van der Waals surface area contributed by atoms with Crippen LogP contribution >= 0.6 is 11.8 Å². The van der Waals surface area contributed by atoms with Crippen LogP contribution in [0.25, 0.3) is 0 Å². The van der Waals surface area contributed by atoms with Gasteiger partial charge >= 0.3 is 0 Å². The molecule has 0 aliphatic rings. The number of benzene rings is 2. The van der Waals surface area contributed by atoms with Crippen molar-refractivity contribution in [2.24, 2.45) is 0 Å². The lowest BCUT2D eigenvalue weighted by molar-refractivity contribution is 0.353. The molecule has 0 saturated carbocycles. The first-order chi connectivity index (χ1) is 9.65. The summed E-state index contributed by atoms with van der Waals surface area (Å²) >= 11 is 1.70. The number of hydrogen-bond acceptors (Lipinski definition) is 3. The monoisotopic (exact) mass is 286 g/mol. The van der Waals surface area contributed by atoms with Crippen molar-refractivity contribution in [2.45, 2.75) is 11.8 Å². The topological polar surface area (TPSA) is 29.5 Å². The van der Waals surface area contributed by atoms with E-state index >= 15 is 0 Å². The highest BCUT2D eigenvalue weighted by Crippen LogP contribution is 2.25. The van der Waals surface area contributed by atoms with Crippen molar-refractivity contribution < 1.29 is 9.84 Å². The maximum absolute atomic E-state index is 9.48. The molecule has 2 aromatic carbocycles. The number of aryl methyl sites for hydroxylation is 1. The molecule has 2 aromatic rings. The Morgan fingerprint density at radius 2 is 1.95 bits per heavy atom. The quantitative estimate of drug-likeness (QED) is 0.629. The molecule has 2 nitrogen and oxygen atoms in total. The van der Waals surface area contributed by atoms with Gasteiger partial charge in [0.05, 0.1) is 0 Å². The van der Waals surface area contributed by atoms with Crippen LogP contribution in [0, 0.1) is 6.92 Å². The highest BCUT2D eigenvalue weighted by Gasteiger charge is 2.02. The highest BCUT2D eigenvalue weighted by atomic mass is 32.2. The third kappa shape index (κ3) is 4.35. The third-order valence-corrected chi connectivity index (χ3v) is 3.94. The molecule has 1 N–H and O–H groups in total. The summed E-state index contributed by atoms with van der Waals surface area (Å²) in [5.74, 6) is 2.00. The van der Waals surface area contributed by atoms with Crippen molar-refractivity contribution in [1.82, 2.24) is 0 Å². The Balaban J connectivity index is 1.79. The van der Waals surface area contributed by atoms with Crippen LogP contribution in [0.1, 0.15) is 5.56 Å². The fourth-order valence-electron chi connectivity index (χ4n) is 1.65. The Morgan fingerprint density at radius 3 is 2.65 bits per heavy atom. The molecule has 0 amide bonds. The van der Waals surface area contributed by atoms with Crippen LogP contribution in [-0.4, -0.2) is 17.5 Å². The average molecular weight is 286 g/mol. The van der Waals surface area contributed by atoms with E-state index in [4.69, 9.17) is 4.74 Å². The normalized spacial score (nSPS) is 10.2. The molecule has 0 fully saturated rings. The molecule has 0 aromatic heterocycles. The molecule has 2 rings (SSSR count). The van der Waals surface area contributed by atoms with E-state index in [0.717, 1.165) is 27.5 Å². The van der Waals surface area contributed by atoms with Crippen molar-refractivity contribution in [3.05, 3.63) is 66.2 Å². The second-order valence-electron chi connectivity index (χ2n) is 4.59. The number of ether oxygens (including phenoxy) is 1. The van der Waals surface area contributed by atoms with Gasteiger partial charge in [0, 0.05) is 10.6 Å². The Kier molecular flexibility index (Phi) is 5.13. The first kappa shape index (κ1) is 14.5. The van der Waals surface area contributed by atoms with Gasteiger partial charge in [-0.2, -0.15) is 0 Å². The number of rotatable bonds is 6. The Bertz CT molecular complexity index is 579. The lowest BCUT2D eigenvalue weighted by Crippen LogP contribution is -2.02. The zero-order valence-electron chi connectivity index (χ0n) is 11.5. The number of phenolic OH excluding ortho intramolecular Hbond substituents is 1. The van der Waals surface area contributed by atoms with Gasteiger partial charge in [0.15, 0.2) is 0 Å². The summed E-state index contributed by atoms with van der Waals surface area (Å²) in [7, 11) is 0. The highest BCUT2D eigenvalue weighted by molar-refractivity contribution is 7.99. The van der Waals surface area contributed by atoms with Crippen LogP contribution in [-0.2, 0) is 0 Å². The van der Waals surface area contributed by atoms with Gasteiger partial charge < -0.3 is 9.84 Å². The minimum atomic E-state index is 0.334. The average Bonchev–Trinajstić information content (AvgIpc) is 2.47. The van der Waals surface area contributed by atoms with Crippen molar-refractivity contribution >= 4 is 11.8 Å². The van der Waals surface area contributed by atoms with E-state index in [1.54, 1.807) is 17.8 Å². The van der Waals surface area contributed by atoms with Gasteiger partial charge in [0.2, 0.25) is 0 Å². The van der Waals surface area contributed by atoms with Crippen LogP contribution in [0.5, 0.6) is 11.5 Å². The predicted molar refractivity (Wildman–Crippen MR) is 84.6 cm³/mol. The van der Waals surface area contributed by atoms with Crippen LogP contribution in [0.2, 0.25) is 0 Å². The molecule has 0 bridgehead atoms. The van der Waals surface area contributed by atoms with Crippen LogP contribution in [0.3, 0.4) is 0 Å². The molecule has 0 aliphatic carbocycles. The summed E-state index contributed by atoms with van der Waals surface area (Å²) in [5.41, 5.74) is 1.92. The fourth-order valence-corrected chi connectivity index (χ4v) is 2.53. The molecule has 0 atom stereocenters. The molecule has 0 aliphatic heterocycles. The van der Waals surface area contributed by atoms with Crippen LogP contribution in [0.15, 0.2) is 65.6 Å². The first-order valence-corrected chi connectivity index (χ1v) is 7.40. The zero-order valence-corrected chi connectivity index (χ0v) is 12.3. The van der Waals surface area contributed by atoms with E-state index in [9.17, 15) is 5.11 Å². The first-order valence-electron chi connectivity index (χ1n) is 6.42. The molecule has 0 radical (unpaired) electrons. The Morgan fingerprint density at radius 1 is 1.20 bits per heavy atom. The largest absolute Gasteiger partial charge is 0.508 e. The van der Waals surface area contributed by atoms with E-state index in [1.807, 2.05) is 49.4 Å². The molecular weight excluding hydrogens is 268 g/mol. The van der Waals surface area contributed by atoms with Crippen LogP contribution < -0.4 is 4.74 Å². The number of thioether (sulfide) groups is 1.